The van der Waals surface area contributed by atoms with Crippen molar-refractivity contribution in [2.24, 2.45) is 0 Å². The smallest absolute Gasteiger partial charge is 0.126 e. The number of fused-ring (bicyclic) bond motifs is 1. The number of nitrogens with one attached hydrogen (secondary N) is 1. The fourth-order valence-corrected chi connectivity index (χ4v) is 2.16. The van der Waals surface area contributed by atoms with Crippen LogP contribution in [0.1, 0.15) is 17.3 Å². The molecule has 88 valence electrons. The second-order valence-corrected chi connectivity index (χ2v) is 4.30. The Hall–Kier alpha value is -1.81. The zero-order chi connectivity index (χ0) is 11.8. The van der Waals surface area contributed by atoms with E-state index in [0.29, 0.717) is 12.6 Å². The van der Waals surface area contributed by atoms with Crippen molar-refractivity contribution in [3.8, 4) is 11.4 Å². The molecule has 1 atom stereocenters. The average molecular weight is 229 g/mol. The summed E-state index contributed by atoms with van der Waals surface area (Å²) in [5.74, 6) is 0.966. The number of ether oxygens (including phenoxy) is 1. The highest BCUT2D eigenvalue weighted by molar-refractivity contribution is 5.48. The molecule has 0 aliphatic carbocycles. The van der Waals surface area contributed by atoms with Crippen molar-refractivity contribution in [3.63, 3.8) is 0 Å². The first kappa shape index (κ1) is 10.4. The minimum atomic E-state index is 0.309. The molecule has 1 unspecified atom stereocenters. The predicted octanol–water partition coefficient (Wildman–Crippen LogP) is 1.83. The van der Waals surface area contributed by atoms with Gasteiger partial charge in [-0.05, 0) is 20.0 Å². The molecule has 0 saturated carbocycles. The third kappa shape index (κ3) is 1.70. The molecule has 3 rings (SSSR count). The van der Waals surface area contributed by atoms with Crippen LogP contribution in [-0.2, 0) is 0 Å². The van der Waals surface area contributed by atoms with Crippen molar-refractivity contribution < 1.29 is 4.74 Å². The SMILES string of the molecule is CNC1COc2cc(-n3cnc(C)c3)ccc21. The van der Waals surface area contributed by atoms with E-state index in [1.54, 1.807) is 0 Å². The van der Waals surface area contributed by atoms with Gasteiger partial charge < -0.3 is 14.6 Å². The summed E-state index contributed by atoms with van der Waals surface area (Å²) in [6.45, 7) is 2.69. The third-order valence-electron chi connectivity index (χ3n) is 3.14. The highest BCUT2D eigenvalue weighted by Crippen LogP contribution is 2.33. The molecular weight excluding hydrogens is 214 g/mol. The monoisotopic (exact) mass is 229 g/mol. The maximum absolute atomic E-state index is 5.67. The summed E-state index contributed by atoms with van der Waals surface area (Å²) < 4.78 is 7.68. The lowest BCUT2D eigenvalue weighted by Crippen LogP contribution is -2.17. The Morgan fingerprint density at radius 3 is 3.06 bits per heavy atom. The molecule has 0 radical (unpaired) electrons. The Morgan fingerprint density at radius 1 is 1.47 bits per heavy atom. The fraction of sp³-hybridized carbons (Fsp3) is 0.308. The third-order valence-corrected chi connectivity index (χ3v) is 3.14. The van der Waals surface area contributed by atoms with Crippen molar-refractivity contribution in [1.82, 2.24) is 14.9 Å². The van der Waals surface area contributed by atoms with Crippen molar-refractivity contribution in [3.05, 3.63) is 42.0 Å². The van der Waals surface area contributed by atoms with Crippen LogP contribution in [0.25, 0.3) is 5.69 Å². The molecule has 1 aliphatic rings. The molecule has 1 aromatic carbocycles. The Morgan fingerprint density at radius 2 is 2.35 bits per heavy atom. The van der Waals surface area contributed by atoms with Gasteiger partial charge in [0.05, 0.1) is 23.8 Å². The summed E-state index contributed by atoms with van der Waals surface area (Å²) in [6.07, 6.45) is 3.83. The first-order chi connectivity index (χ1) is 8.28. The van der Waals surface area contributed by atoms with E-state index in [2.05, 4.69) is 28.5 Å². The maximum Gasteiger partial charge on any atom is 0.126 e. The largest absolute Gasteiger partial charge is 0.491 e. The molecule has 0 fully saturated rings. The molecule has 1 aromatic heterocycles. The molecule has 0 saturated heterocycles. The Bertz CT molecular complexity index is 547. The summed E-state index contributed by atoms with van der Waals surface area (Å²) in [5.41, 5.74) is 3.33. The van der Waals surface area contributed by atoms with Crippen LogP contribution in [0.15, 0.2) is 30.7 Å². The van der Waals surface area contributed by atoms with E-state index in [4.69, 9.17) is 4.74 Å². The van der Waals surface area contributed by atoms with Gasteiger partial charge in [-0.25, -0.2) is 4.98 Å². The molecule has 2 aromatic rings. The van der Waals surface area contributed by atoms with Crippen LogP contribution in [-0.4, -0.2) is 23.2 Å². The van der Waals surface area contributed by atoms with Gasteiger partial charge in [0, 0.05) is 17.8 Å². The first-order valence-corrected chi connectivity index (χ1v) is 5.73. The zero-order valence-corrected chi connectivity index (χ0v) is 9.97. The zero-order valence-electron chi connectivity index (χ0n) is 9.97. The van der Waals surface area contributed by atoms with Gasteiger partial charge in [-0.1, -0.05) is 6.07 Å². The fourth-order valence-electron chi connectivity index (χ4n) is 2.16. The lowest BCUT2D eigenvalue weighted by atomic mass is 10.1. The number of rotatable bonds is 2. The topological polar surface area (TPSA) is 39.1 Å². The molecule has 0 amide bonds. The van der Waals surface area contributed by atoms with Gasteiger partial charge in [0.15, 0.2) is 0 Å². The van der Waals surface area contributed by atoms with Crippen molar-refractivity contribution in [2.45, 2.75) is 13.0 Å². The quantitative estimate of drug-likeness (QED) is 0.854. The first-order valence-electron chi connectivity index (χ1n) is 5.73. The van der Waals surface area contributed by atoms with Gasteiger partial charge in [0.1, 0.15) is 12.4 Å². The summed E-state index contributed by atoms with van der Waals surface area (Å²) in [7, 11) is 1.95. The summed E-state index contributed by atoms with van der Waals surface area (Å²) in [6, 6.07) is 6.59. The van der Waals surface area contributed by atoms with E-state index < -0.39 is 0 Å². The Balaban J connectivity index is 2.00. The number of hydrogen-bond acceptors (Lipinski definition) is 3. The molecule has 2 heterocycles. The average Bonchev–Trinajstić information content (AvgIpc) is 2.94. The Labute approximate surface area is 100 Å². The van der Waals surface area contributed by atoms with Crippen molar-refractivity contribution in [2.75, 3.05) is 13.7 Å². The van der Waals surface area contributed by atoms with Gasteiger partial charge >= 0.3 is 0 Å². The van der Waals surface area contributed by atoms with Gasteiger partial charge in [0.2, 0.25) is 0 Å². The molecule has 1 aliphatic heterocycles. The van der Waals surface area contributed by atoms with E-state index in [0.717, 1.165) is 17.1 Å². The number of imidazole rings is 1. The summed E-state index contributed by atoms with van der Waals surface area (Å²) in [5, 5.41) is 3.24. The molecular formula is C13H15N3O. The van der Waals surface area contributed by atoms with E-state index in [9.17, 15) is 0 Å². The highest BCUT2D eigenvalue weighted by Gasteiger charge is 2.22. The molecule has 4 heteroatoms. The van der Waals surface area contributed by atoms with Crippen LogP contribution in [0.2, 0.25) is 0 Å². The van der Waals surface area contributed by atoms with E-state index in [1.165, 1.54) is 5.56 Å². The van der Waals surface area contributed by atoms with Crippen LogP contribution in [0, 0.1) is 6.92 Å². The number of hydrogen-bond donors (Lipinski definition) is 1. The summed E-state index contributed by atoms with van der Waals surface area (Å²) >= 11 is 0. The molecule has 17 heavy (non-hydrogen) atoms. The van der Waals surface area contributed by atoms with Crippen molar-refractivity contribution >= 4 is 0 Å². The number of aryl methyl sites for hydroxylation is 1. The minimum absolute atomic E-state index is 0.309. The van der Waals surface area contributed by atoms with Crippen LogP contribution >= 0.6 is 0 Å². The molecule has 0 spiro atoms. The molecule has 0 bridgehead atoms. The van der Waals surface area contributed by atoms with E-state index in [-0.39, 0.29) is 0 Å². The molecule has 4 nitrogen and oxygen atoms in total. The number of aromatic nitrogens is 2. The number of nitrogens with zero attached hydrogens (tertiary/aromatic N) is 2. The van der Waals surface area contributed by atoms with Crippen LogP contribution in [0.5, 0.6) is 5.75 Å². The van der Waals surface area contributed by atoms with Crippen LogP contribution in [0.3, 0.4) is 0 Å². The second-order valence-electron chi connectivity index (χ2n) is 4.30. The van der Waals surface area contributed by atoms with Gasteiger partial charge in [-0.2, -0.15) is 0 Å². The second kappa shape index (κ2) is 3.89. The maximum atomic E-state index is 5.67. The van der Waals surface area contributed by atoms with Crippen LogP contribution < -0.4 is 10.1 Å². The standard InChI is InChI=1S/C13H15N3O/c1-9-6-16(8-15-9)10-3-4-11-12(14-2)7-17-13(11)5-10/h3-6,8,12,14H,7H2,1-2H3. The molecule has 1 N–H and O–H groups in total. The Kier molecular flexibility index (Phi) is 2.37. The van der Waals surface area contributed by atoms with E-state index in [1.807, 2.05) is 31.1 Å². The minimum Gasteiger partial charge on any atom is -0.491 e. The van der Waals surface area contributed by atoms with Gasteiger partial charge in [0.25, 0.3) is 0 Å². The lowest BCUT2D eigenvalue weighted by molar-refractivity contribution is 0.318. The number of likely N-dealkylation sites (N-methyl/N-ethyl adjacent to an activating group) is 1. The summed E-state index contributed by atoms with van der Waals surface area (Å²) in [4.78, 5) is 4.23. The predicted molar refractivity (Wildman–Crippen MR) is 65.6 cm³/mol. The highest BCUT2D eigenvalue weighted by atomic mass is 16.5. The number of benzene rings is 1. The van der Waals surface area contributed by atoms with Crippen molar-refractivity contribution in [1.29, 1.82) is 0 Å². The van der Waals surface area contributed by atoms with E-state index >= 15 is 0 Å². The van der Waals surface area contributed by atoms with Gasteiger partial charge in [-0.15, -0.1) is 0 Å². The van der Waals surface area contributed by atoms with Gasteiger partial charge in [-0.3, -0.25) is 0 Å². The normalized spacial score (nSPS) is 17.9. The lowest BCUT2D eigenvalue weighted by Gasteiger charge is -2.07. The van der Waals surface area contributed by atoms with Crippen LogP contribution in [0.4, 0.5) is 0 Å².